The van der Waals surface area contributed by atoms with Crippen LogP contribution in [0, 0.1) is 0 Å². The van der Waals surface area contributed by atoms with Gasteiger partial charge in [0.2, 0.25) is 5.88 Å². The number of nitrogens with zero attached hydrogens (tertiary/aromatic N) is 3. The summed E-state index contributed by atoms with van der Waals surface area (Å²) in [5.41, 5.74) is 2.55. The third-order valence-electron chi connectivity index (χ3n) is 3.15. The molecule has 0 radical (unpaired) electrons. The van der Waals surface area contributed by atoms with Crippen molar-refractivity contribution in [3.63, 3.8) is 0 Å². The summed E-state index contributed by atoms with van der Waals surface area (Å²) in [6, 6.07) is 13.6. The fourth-order valence-electron chi connectivity index (χ4n) is 2.05. The van der Waals surface area contributed by atoms with E-state index in [0.717, 1.165) is 11.1 Å². The van der Waals surface area contributed by atoms with Crippen LogP contribution < -0.4 is 4.74 Å². The Morgan fingerprint density at radius 1 is 1.10 bits per heavy atom. The molecule has 0 saturated heterocycles. The summed E-state index contributed by atoms with van der Waals surface area (Å²) < 4.78 is 7.45. The Morgan fingerprint density at radius 3 is 2.65 bits per heavy atom. The van der Waals surface area contributed by atoms with Crippen molar-refractivity contribution in [1.82, 2.24) is 14.5 Å². The number of aromatic nitrogens is 3. The number of benzene rings is 1. The highest BCUT2D eigenvalue weighted by atomic mass is 16.5. The van der Waals surface area contributed by atoms with Crippen molar-refractivity contribution in [3.8, 4) is 5.88 Å². The molecule has 102 valence electrons. The Hall–Kier alpha value is -2.40. The van der Waals surface area contributed by atoms with Gasteiger partial charge in [-0.1, -0.05) is 30.3 Å². The van der Waals surface area contributed by atoms with Crippen LogP contribution in [0.4, 0.5) is 0 Å². The van der Waals surface area contributed by atoms with E-state index in [9.17, 15) is 5.11 Å². The number of imidazole rings is 1. The van der Waals surface area contributed by atoms with Crippen LogP contribution in [-0.2, 0) is 20.3 Å². The molecule has 0 fully saturated rings. The van der Waals surface area contributed by atoms with Crippen LogP contribution in [-0.4, -0.2) is 19.6 Å². The first-order valence-corrected chi connectivity index (χ1v) is 6.38. The second-order valence-electron chi connectivity index (χ2n) is 4.51. The van der Waals surface area contributed by atoms with E-state index in [2.05, 4.69) is 9.97 Å². The maximum Gasteiger partial charge on any atom is 0.215 e. The van der Waals surface area contributed by atoms with Gasteiger partial charge >= 0.3 is 0 Å². The standard InChI is InChI=1S/C15H15N3O2/c1-18-13(9-19)16-12-7-8-14(17-15(12)18)20-10-11-5-3-2-4-6-11/h2-8,19H,9-10H2,1H3. The summed E-state index contributed by atoms with van der Waals surface area (Å²) in [4.78, 5) is 8.71. The molecule has 3 rings (SSSR count). The second kappa shape index (κ2) is 5.30. The van der Waals surface area contributed by atoms with E-state index in [0.29, 0.717) is 24.0 Å². The Labute approximate surface area is 116 Å². The smallest absolute Gasteiger partial charge is 0.215 e. The van der Waals surface area contributed by atoms with Crippen molar-refractivity contribution < 1.29 is 9.84 Å². The summed E-state index contributed by atoms with van der Waals surface area (Å²) in [5, 5.41) is 9.20. The molecule has 5 nitrogen and oxygen atoms in total. The lowest BCUT2D eigenvalue weighted by Gasteiger charge is -2.05. The minimum atomic E-state index is -0.104. The summed E-state index contributed by atoms with van der Waals surface area (Å²) in [7, 11) is 1.83. The molecule has 5 heteroatoms. The summed E-state index contributed by atoms with van der Waals surface area (Å²) >= 11 is 0. The van der Waals surface area contributed by atoms with Crippen LogP contribution in [0.2, 0.25) is 0 Å². The number of ether oxygens (including phenoxy) is 1. The van der Waals surface area contributed by atoms with Crippen molar-refractivity contribution in [2.75, 3.05) is 0 Å². The monoisotopic (exact) mass is 269 g/mol. The zero-order valence-corrected chi connectivity index (χ0v) is 11.2. The average Bonchev–Trinajstić information content (AvgIpc) is 2.82. The SMILES string of the molecule is Cn1c(CO)nc2ccc(OCc3ccccc3)nc21. The third kappa shape index (κ3) is 2.35. The molecule has 0 aliphatic heterocycles. The molecule has 1 N–H and O–H groups in total. The van der Waals surface area contributed by atoms with Crippen LogP contribution in [0.1, 0.15) is 11.4 Å². The Kier molecular flexibility index (Phi) is 3.35. The topological polar surface area (TPSA) is 60.2 Å². The van der Waals surface area contributed by atoms with E-state index < -0.39 is 0 Å². The maximum atomic E-state index is 9.20. The molecule has 2 aromatic heterocycles. The molecule has 0 bridgehead atoms. The maximum absolute atomic E-state index is 9.20. The van der Waals surface area contributed by atoms with Gasteiger partial charge in [0.15, 0.2) is 5.65 Å². The molecule has 3 aromatic rings. The highest BCUT2D eigenvalue weighted by molar-refractivity contribution is 5.72. The molecule has 0 amide bonds. The van der Waals surface area contributed by atoms with Crippen LogP contribution in [0.3, 0.4) is 0 Å². The van der Waals surface area contributed by atoms with Crippen LogP contribution >= 0.6 is 0 Å². The molecule has 0 aliphatic rings. The number of fused-ring (bicyclic) bond motifs is 1. The lowest BCUT2D eigenvalue weighted by atomic mass is 10.2. The lowest BCUT2D eigenvalue weighted by Crippen LogP contribution is -2.00. The van der Waals surface area contributed by atoms with E-state index >= 15 is 0 Å². The minimum Gasteiger partial charge on any atom is -0.473 e. The Bertz CT molecular complexity index is 723. The number of pyridine rings is 1. The number of aliphatic hydroxyl groups is 1. The fraction of sp³-hybridized carbons (Fsp3) is 0.200. The fourth-order valence-corrected chi connectivity index (χ4v) is 2.05. The van der Waals surface area contributed by atoms with Gasteiger partial charge in [-0.05, 0) is 11.6 Å². The van der Waals surface area contributed by atoms with Crippen molar-refractivity contribution in [3.05, 3.63) is 53.9 Å². The summed E-state index contributed by atoms with van der Waals surface area (Å²) in [6.45, 7) is 0.372. The molecular weight excluding hydrogens is 254 g/mol. The zero-order chi connectivity index (χ0) is 13.9. The Morgan fingerprint density at radius 2 is 1.90 bits per heavy atom. The van der Waals surface area contributed by atoms with E-state index in [1.54, 1.807) is 10.6 Å². The minimum absolute atomic E-state index is 0.104. The highest BCUT2D eigenvalue weighted by Crippen LogP contribution is 2.18. The van der Waals surface area contributed by atoms with Gasteiger partial charge in [-0.25, -0.2) is 4.98 Å². The Balaban J connectivity index is 1.84. The number of hydrogen-bond donors (Lipinski definition) is 1. The van der Waals surface area contributed by atoms with Crippen LogP contribution in [0.15, 0.2) is 42.5 Å². The van der Waals surface area contributed by atoms with E-state index in [1.165, 1.54) is 0 Å². The quantitative estimate of drug-likeness (QED) is 0.787. The zero-order valence-electron chi connectivity index (χ0n) is 11.2. The third-order valence-corrected chi connectivity index (χ3v) is 3.15. The predicted octanol–water partition coefficient (Wildman–Crippen LogP) is 2.04. The molecule has 1 aromatic carbocycles. The van der Waals surface area contributed by atoms with Crippen molar-refractivity contribution in [1.29, 1.82) is 0 Å². The second-order valence-corrected chi connectivity index (χ2v) is 4.51. The van der Waals surface area contributed by atoms with E-state index in [4.69, 9.17) is 4.74 Å². The van der Waals surface area contributed by atoms with Crippen LogP contribution in [0.25, 0.3) is 11.2 Å². The lowest BCUT2D eigenvalue weighted by molar-refractivity contribution is 0.268. The molecule has 0 saturated carbocycles. The molecule has 0 unspecified atom stereocenters. The van der Waals surface area contributed by atoms with Gasteiger partial charge < -0.3 is 14.4 Å². The van der Waals surface area contributed by atoms with E-state index in [1.807, 2.05) is 43.4 Å². The molecule has 20 heavy (non-hydrogen) atoms. The molecule has 0 aliphatic carbocycles. The van der Waals surface area contributed by atoms with Gasteiger partial charge in [0.25, 0.3) is 0 Å². The number of hydrogen-bond acceptors (Lipinski definition) is 4. The first kappa shape index (κ1) is 12.6. The van der Waals surface area contributed by atoms with Crippen molar-refractivity contribution in [2.24, 2.45) is 7.05 Å². The van der Waals surface area contributed by atoms with Gasteiger partial charge in [0, 0.05) is 13.1 Å². The number of aryl methyl sites for hydroxylation is 1. The first-order chi connectivity index (χ1) is 9.78. The first-order valence-electron chi connectivity index (χ1n) is 6.38. The van der Waals surface area contributed by atoms with Gasteiger partial charge in [0.05, 0.1) is 0 Å². The van der Waals surface area contributed by atoms with Crippen molar-refractivity contribution >= 4 is 11.2 Å². The van der Waals surface area contributed by atoms with Gasteiger partial charge in [-0.15, -0.1) is 0 Å². The van der Waals surface area contributed by atoms with Crippen molar-refractivity contribution in [2.45, 2.75) is 13.2 Å². The van der Waals surface area contributed by atoms with Gasteiger partial charge in [0.1, 0.15) is 24.6 Å². The normalized spacial score (nSPS) is 10.9. The predicted molar refractivity (Wildman–Crippen MR) is 75.2 cm³/mol. The van der Waals surface area contributed by atoms with Gasteiger partial charge in [-0.2, -0.15) is 4.98 Å². The highest BCUT2D eigenvalue weighted by Gasteiger charge is 2.09. The molecule has 2 heterocycles. The summed E-state index contributed by atoms with van der Waals surface area (Å²) in [6.07, 6.45) is 0. The van der Waals surface area contributed by atoms with Gasteiger partial charge in [-0.3, -0.25) is 0 Å². The average molecular weight is 269 g/mol. The number of aliphatic hydroxyl groups excluding tert-OH is 1. The summed E-state index contributed by atoms with van der Waals surface area (Å²) in [5.74, 6) is 1.14. The van der Waals surface area contributed by atoms with Crippen LogP contribution in [0.5, 0.6) is 5.88 Å². The van der Waals surface area contributed by atoms with E-state index in [-0.39, 0.29) is 6.61 Å². The molecular formula is C15H15N3O2. The molecule has 0 atom stereocenters. The largest absolute Gasteiger partial charge is 0.473 e. The molecule has 0 spiro atoms. The number of rotatable bonds is 4.